The van der Waals surface area contributed by atoms with Crippen LogP contribution in [0.3, 0.4) is 0 Å². The maximum atomic E-state index is 12.7. The molecule has 1 unspecified atom stereocenters. The Balaban J connectivity index is 3.02. The normalized spacial score (nSPS) is 12.7. The van der Waals surface area contributed by atoms with E-state index in [0.29, 0.717) is 16.3 Å². The van der Waals surface area contributed by atoms with E-state index in [1.807, 2.05) is 0 Å². The topological polar surface area (TPSA) is 9.23 Å². The van der Waals surface area contributed by atoms with Gasteiger partial charge in [-0.05, 0) is 24.6 Å². The predicted molar refractivity (Wildman–Crippen MR) is 47.5 cm³/mol. The van der Waals surface area contributed by atoms with Crippen LogP contribution in [0.2, 0.25) is 5.02 Å². The molecule has 1 aromatic carbocycles. The van der Waals surface area contributed by atoms with Crippen LogP contribution in [0.15, 0.2) is 18.2 Å². The van der Waals surface area contributed by atoms with Crippen molar-refractivity contribution in [3.05, 3.63) is 28.8 Å². The van der Waals surface area contributed by atoms with Crippen molar-refractivity contribution in [1.82, 2.24) is 0 Å². The first kappa shape index (κ1) is 9.33. The van der Waals surface area contributed by atoms with Crippen molar-refractivity contribution in [1.29, 1.82) is 0 Å². The average Bonchev–Trinajstić information content (AvgIpc) is 2.04. The van der Waals surface area contributed by atoms with Crippen LogP contribution in [0.25, 0.3) is 0 Å². The zero-order chi connectivity index (χ0) is 9.14. The molecule has 0 saturated heterocycles. The molecule has 3 heteroatoms. The summed E-state index contributed by atoms with van der Waals surface area (Å²) in [5.41, 5.74) is 0.570. The Hall–Kier alpha value is -0.760. The molecule has 0 saturated carbocycles. The number of ether oxygens (including phenoxy) is 1. The molecular formula is C9H10ClFO. The summed E-state index contributed by atoms with van der Waals surface area (Å²) in [6.45, 7) is 1.47. The van der Waals surface area contributed by atoms with Gasteiger partial charge in [-0.2, -0.15) is 0 Å². The molecule has 0 N–H and O–H groups in total. The Labute approximate surface area is 76.1 Å². The van der Waals surface area contributed by atoms with Gasteiger partial charge in [0.05, 0.1) is 12.1 Å². The number of rotatable bonds is 2. The first-order valence-corrected chi connectivity index (χ1v) is 4.00. The molecule has 12 heavy (non-hydrogen) atoms. The fraction of sp³-hybridized carbons (Fsp3) is 0.333. The Kier molecular flexibility index (Phi) is 2.93. The van der Waals surface area contributed by atoms with E-state index in [4.69, 9.17) is 16.3 Å². The average molecular weight is 189 g/mol. The maximum Gasteiger partial charge on any atom is 0.137 e. The van der Waals surface area contributed by atoms with Crippen molar-refractivity contribution in [2.45, 2.75) is 13.1 Å². The summed E-state index contributed by atoms with van der Waals surface area (Å²) < 4.78 is 17.7. The molecule has 1 nitrogen and oxygen atoms in total. The number of methoxy groups -OCH3 is 1. The van der Waals surface area contributed by atoms with Crippen LogP contribution in [0, 0.1) is 0 Å². The minimum Gasteiger partial charge on any atom is -0.495 e. The van der Waals surface area contributed by atoms with Gasteiger partial charge >= 0.3 is 0 Å². The third-order valence-corrected chi connectivity index (χ3v) is 1.93. The molecule has 1 atom stereocenters. The number of hydrogen-bond acceptors (Lipinski definition) is 1. The Morgan fingerprint density at radius 1 is 1.50 bits per heavy atom. The van der Waals surface area contributed by atoms with Gasteiger partial charge in [-0.1, -0.05) is 17.7 Å². The Morgan fingerprint density at radius 2 is 2.17 bits per heavy atom. The van der Waals surface area contributed by atoms with Crippen LogP contribution in [-0.4, -0.2) is 7.11 Å². The van der Waals surface area contributed by atoms with E-state index in [0.717, 1.165) is 0 Å². The molecule has 0 radical (unpaired) electrons. The summed E-state index contributed by atoms with van der Waals surface area (Å²) in [4.78, 5) is 0. The van der Waals surface area contributed by atoms with Gasteiger partial charge < -0.3 is 4.74 Å². The van der Waals surface area contributed by atoms with E-state index in [2.05, 4.69) is 0 Å². The van der Waals surface area contributed by atoms with Gasteiger partial charge in [-0.3, -0.25) is 0 Å². The highest BCUT2D eigenvalue weighted by Crippen LogP contribution is 2.28. The SMILES string of the molecule is COc1ccc(C(C)F)cc1Cl. The molecular weight excluding hydrogens is 179 g/mol. The largest absolute Gasteiger partial charge is 0.495 e. The summed E-state index contributed by atoms with van der Waals surface area (Å²) in [5.74, 6) is 0.570. The second-order valence-corrected chi connectivity index (χ2v) is 2.92. The van der Waals surface area contributed by atoms with Crippen molar-refractivity contribution < 1.29 is 9.13 Å². The zero-order valence-corrected chi connectivity index (χ0v) is 7.73. The minimum atomic E-state index is -0.992. The lowest BCUT2D eigenvalue weighted by Crippen LogP contribution is -1.88. The summed E-state index contributed by atoms with van der Waals surface area (Å²) in [5, 5.41) is 0.444. The molecule has 0 fully saturated rings. The van der Waals surface area contributed by atoms with E-state index in [-0.39, 0.29) is 0 Å². The van der Waals surface area contributed by atoms with Gasteiger partial charge in [-0.25, -0.2) is 4.39 Å². The first-order chi connectivity index (χ1) is 5.65. The molecule has 0 aliphatic carbocycles. The lowest BCUT2D eigenvalue weighted by Gasteiger charge is -2.06. The van der Waals surface area contributed by atoms with Gasteiger partial charge in [0.2, 0.25) is 0 Å². The molecule has 0 aliphatic heterocycles. The van der Waals surface area contributed by atoms with E-state index >= 15 is 0 Å². The van der Waals surface area contributed by atoms with E-state index in [9.17, 15) is 4.39 Å². The highest BCUT2D eigenvalue weighted by Gasteiger charge is 2.06. The van der Waals surface area contributed by atoms with Gasteiger partial charge in [0.15, 0.2) is 0 Å². The smallest absolute Gasteiger partial charge is 0.137 e. The van der Waals surface area contributed by atoms with Crippen molar-refractivity contribution in [2.24, 2.45) is 0 Å². The number of benzene rings is 1. The highest BCUT2D eigenvalue weighted by atomic mass is 35.5. The molecule has 1 rings (SSSR count). The molecule has 0 aromatic heterocycles. The third kappa shape index (κ3) is 1.89. The quantitative estimate of drug-likeness (QED) is 0.692. The number of alkyl halides is 1. The van der Waals surface area contributed by atoms with Crippen LogP contribution >= 0.6 is 11.6 Å². The van der Waals surface area contributed by atoms with E-state index in [1.54, 1.807) is 18.2 Å². The number of halogens is 2. The summed E-state index contributed by atoms with van der Waals surface area (Å²) in [6, 6.07) is 4.90. The lowest BCUT2D eigenvalue weighted by molar-refractivity contribution is 0.373. The van der Waals surface area contributed by atoms with Crippen LogP contribution < -0.4 is 4.74 Å². The first-order valence-electron chi connectivity index (χ1n) is 3.62. The van der Waals surface area contributed by atoms with Crippen molar-refractivity contribution in [3.63, 3.8) is 0 Å². The second-order valence-electron chi connectivity index (χ2n) is 2.51. The molecule has 66 valence electrons. The molecule has 1 aromatic rings. The van der Waals surface area contributed by atoms with Gasteiger partial charge in [0, 0.05) is 0 Å². The Bertz CT molecular complexity index is 273. The maximum absolute atomic E-state index is 12.7. The zero-order valence-electron chi connectivity index (χ0n) is 6.97. The van der Waals surface area contributed by atoms with Crippen LogP contribution in [0.5, 0.6) is 5.75 Å². The molecule has 0 spiro atoms. The lowest BCUT2D eigenvalue weighted by atomic mass is 10.1. The third-order valence-electron chi connectivity index (χ3n) is 1.64. The van der Waals surface area contributed by atoms with E-state index < -0.39 is 6.17 Å². The standard InChI is InChI=1S/C9H10ClFO/c1-6(11)7-3-4-9(12-2)8(10)5-7/h3-6H,1-2H3. The highest BCUT2D eigenvalue weighted by molar-refractivity contribution is 6.32. The summed E-state index contributed by atoms with van der Waals surface area (Å²) in [6.07, 6.45) is -0.992. The molecule has 0 amide bonds. The van der Waals surface area contributed by atoms with Crippen LogP contribution in [0.4, 0.5) is 4.39 Å². The second kappa shape index (κ2) is 3.76. The number of hydrogen-bond donors (Lipinski definition) is 0. The van der Waals surface area contributed by atoms with Crippen molar-refractivity contribution in [3.8, 4) is 5.75 Å². The molecule has 0 aliphatic rings. The van der Waals surface area contributed by atoms with Crippen LogP contribution in [-0.2, 0) is 0 Å². The van der Waals surface area contributed by atoms with Gasteiger partial charge in [-0.15, -0.1) is 0 Å². The van der Waals surface area contributed by atoms with Crippen molar-refractivity contribution >= 4 is 11.6 Å². The van der Waals surface area contributed by atoms with Gasteiger partial charge in [0.25, 0.3) is 0 Å². The summed E-state index contributed by atoms with van der Waals surface area (Å²) >= 11 is 5.78. The summed E-state index contributed by atoms with van der Waals surface area (Å²) in [7, 11) is 1.53. The fourth-order valence-electron chi connectivity index (χ4n) is 0.930. The van der Waals surface area contributed by atoms with Crippen LogP contribution in [0.1, 0.15) is 18.7 Å². The molecule has 0 heterocycles. The molecule has 0 bridgehead atoms. The predicted octanol–water partition coefficient (Wildman–Crippen LogP) is 3.38. The fourth-order valence-corrected chi connectivity index (χ4v) is 1.20. The van der Waals surface area contributed by atoms with Crippen molar-refractivity contribution in [2.75, 3.05) is 7.11 Å². The van der Waals surface area contributed by atoms with E-state index in [1.165, 1.54) is 14.0 Å². The minimum absolute atomic E-state index is 0.444. The van der Waals surface area contributed by atoms with Gasteiger partial charge in [0.1, 0.15) is 11.9 Å². The Morgan fingerprint density at radius 3 is 2.58 bits per heavy atom. The monoisotopic (exact) mass is 188 g/mol.